The Kier molecular flexibility index (Phi) is 10.6. The molecule has 4 heteroatoms. The molecule has 0 aliphatic carbocycles. The van der Waals surface area contributed by atoms with Crippen LogP contribution in [0, 0.1) is 0 Å². The molecule has 0 atom stereocenters. The first-order valence-electron chi connectivity index (χ1n) is 7.84. The van der Waals surface area contributed by atoms with Crippen molar-refractivity contribution in [1.29, 1.82) is 0 Å². The molecular weight excluding hydrogens is 350 g/mol. The van der Waals surface area contributed by atoms with Crippen molar-refractivity contribution in [1.82, 2.24) is 0 Å². The summed E-state index contributed by atoms with van der Waals surface area (Å²) in [5.74, 6) is 0.0559. The van der Waals surface area contributed by atoms with Crippen molar-refractivity contribution in [3.63, 3.8) is 0 Å². The lowest BCUT2D eigenvalue weighted by Gasteiger charge is -2.06. The van der Waals surface area contributed by atoms with Crippen LogP contribution >= 0.6 is 27.5 Å². The Labute approximate surface area is 141 Å². The molecule has 0 saturated heterocycles. The first-order valence-corrected chi connectivity index (χ1v) is 9.34. The van der Waals surface area contributed by atoms with E-state index < -0.39 is 0 Å². The zero-order chi connectivity index (χ0) is 15.3. The van der Waals surface area contributed by atoms with E-state index in [-0.39, 0.29) is 5.91 Å². The van der Waals surface area contributed by atoms with Gasteiger partial charge in [-0.25, -0.2) is 0 Å². The maximum atomic E-state index is 11.8. The van der Waals surface area contributed by atoms with E-state index >= 15 is 0 Å². The van der Waals surface area contributed by atoms with Gasteiger partial charge >= 0.3 is 0 Å². The van der Waals surface area contributed by atoms with Crippen LogP contribution in [0.5, 0.6) is 0 Å². The highest BCUT2D eigenvalue weighted by atomic mass is 79.9. The molecule has 0 radical (unpaired) electrons. The number of para-hydroxylation sites is 1. The number of rotatable bonds is 11. The number of carbonyl (C=O) groups is 1. The average molecular weight is 375 g/mol. The van der Waals surface area contributed by atoms with Gasteiger partial charge in [-0.05, 0) is 25.0 Å². The van der Waals surface area contributed by atoms with Crippen LogP contribution in [0.1, 0.15) is 57.8 Å². The predicted octanol–water partition coefficient (Wildman–Crippen LogP) is 6.18. The minimum absolute atomic E-state index is 0.0559. The average Bonchev–Trinajstić information content (AvgIpc) is 2.48. The molecule has 0 aliphatic rings. The van der Waals surface area contributed by atoms with Crippen LogP contribution in [0.3, 0.4) is 0 Å². The van der Waals surface area contributed by atoms with Crippen LogP contribution in [-0.2, 0) is 4.79 Å². The van der Waals surface area contributed by atoms with E-state index in [9.17, 15) is 4.79 Å². The number of amides is 1. The van der Waals surface area contributed by atoms with Crippen LogP contribution < -0.4 is 5.32 Å². The molecule has 1 N–H and O–H groups in total. The highest BCUT2D eigenvalue weighted by Gasteiger charge is 2.04. The van der Waals surface area contributed by atoms with E-state index in [1.54, 1.807) is 6.07 Å². The van der Waals surface area contributed by atoms with E-state index in [2.05, 4.69) is 21.2 Å². The van der Waals surface area contributed by atoms with Crippen LogP contribution in [-0.4, -0.2) is 11.2 Å². The lowest BCUT2D eigenvalue weighted by atomic mass is 10.1. The Bertz CT molecular complexity index is 412. The van der Waals surface area contributed by atoms with Gasteiger partial charge in [0.25, 0.3) is 0 Å². The smallest absolute Gasteiger partial charge is 0.224 e. The summed E-state index contributed by atoms with van der Waals surface area (Å²) in [7, 11) is 0. The third kappa shape index (κ3) is 9.15. The topological polar surface area (TPSA) is 29.1 Å². The molecule has 0 heterocycles. The minimum atomic E-state index is 0.0559. The molecule has 21 heavy (non-hydrogen) atoms. The van der Waals surface area contributed by atoms with Crippen molar-refractivity contribution in [2.45, 2.75) is 57.8 Å². The number of hydrogen-bond donors (Lipinski definition) is 1. The Hall–Kier alpha value is -0.540. The van der Waals surface area contributed by atoms with Crippen molar-refractivity contribution in [2.75, 3.05) is 10.6 Å². The van der Waals surface area contributed by atoms with Crippen LogP contribution in [0.25, 0.3) is 0 Å². The highest BCUT2D eigenvalue weighted by molar-refractivity contribution is 9.09. The fourth-order valence-electron chi connectivity index (χ4n) is 2.22. The van der Waals surface area contributed by atoms with Crippen LogP contribution in [0.2, 0.25) is 5.02 Å². The molecular formula is C17H25BrClNO. The Balaban J connectivity index is 2.00. The lowest BCUT2D eigenvalue weighted by molar-refractivity contribution is -0.116. The quantitative estimate of drug-likeness (QED) is 0.363. The third-order valence-corrected chi connectivity index (χ3v) is 4.33. The van der Waals surface area contributed by atoms with Gasteiger partial charge in [-0.3, -0.25) is 4.79 Å². The first-order chi connectivity index (χ1) is 10.2. The molecule has 1 rings (SSSR count). The Morgan fingerprint density at radius 2 is 1.52 bits per heavy atom. The summed E-state index contributed by atoms with van der Waals surface area (Å²) in [4.78, 5) is 11.8. The predicted molar refractivity (Wildman–Crippen MR) is 95.4 cm³/mol. The summed E-state index contributed by atoms with van der Waals surface area (Å²) in [6.45, 7) is 0. The molecule has 1 aromatic rings. The molecule has 0 fully saturated rings. The monoisotopic (exact) mass is 373 g/mol. The molecule has 2 nitrogen and oxygen atoms in total. The van der Waals surface area contributed by atoms with Crippen molar-refractivity contribution in [3.05, 3.63) is 29.3 Å². The van der Waals surface area contributed by atoms with Gasteiger partial charge in [0.2, 0.25) is 5.91 Å². The van der Waals surface area contributed by atoms with Crippen molar-refractivity contribution in [3.8, 4) is 0 Å². The molecule has 0 saturated carbocycles. The molecule has 1 amide bonds. The summed E-state index contributed by atoms with van der Waals surface area (Å²) < 4.78 is 0. The number of anilines is 1. The van der Waals surface area contributed by atoms with E-state index in [1.165, 1.54) is 38.5 Å². The zero-order valence-corrected chi connectivity index (χ0v) is 14.9. The standard InChI is InChI=1S/C17H25BrClNO/c18-14-10-6-4-2-1-3-5-7-13-17(21)20-16-12-9-8-11-15(16)19/h8-9,11-12H,1-7,10,13-14H2,(H,20,21). The molecule has 0 bridgehead atoms. The first kappa shape index (κ1) is 18.5. The van der Waals surface area contributed by atoms with Crippen molar-refractivity contribution < 1.29 is 4.79 Å². The molecule has 0 unspecified atom stereocenters. The van der Waals surface area contributed by atoms with Gasteiger partial charge in [0.1, 0.15) is 0 Å². The number of benzene rings is 1. The highest BCUT2D eigenvalue weighted by Crippen LogP contribution is 2.20. The Morgan fingerprint density at radius 3 is 2.14 bits per heavy atom. The van der Waals surface area contributed by atoms with Crippen LogP contribution in [0.15, 0.2) is 24.3 Å². The van der Waals surface area contributed by atoms with Gasteiger partial charge in [-0.2, -0.15) is 0 Å². The molecule has 118 valence electrons. The van der Waals surface area contributed by atoms with E-state index in [0.717, 1.165) is 18.2 Å². The number of alkyl halides is 1. The SMILES string of the molecule is O=C(CCCCCCCCCCBr)Nc1ccccc1Cl. The van der Waals surface area contributed by atoms with Gasteiger partial charge < -0.3 is 5.32 Å². The summed E-state index contributed by atoms with van der Waals surface area (Å²) in [5.41, 5.74) is 0.705. The van der Waals surface area contributed by atoms with Gasteiger partial charge in [0, 0.05) is 11.8 Å². The van der Waals surface area contributed by atoms with Gasteiger partial charge in [0.15, 0.2) is 0 Å². The van der Waals surface area contributed by atoms with Gasteiger partial charge in [-0.1, -0.05) is 78.2 Å². The summed E-state index contributed by atoms with van der Waals surface area (Å²) in [5, 5.41) is 4.57. The second-order valence-electron chi connectivity index (χ2n) is 5.30. The van der Waals surface area contributed by atoms with Crippen LogP contribution in [0.4, 0.5) is 5.69 Å². The maximum Gasteiger partial charge on any atom is 0.224 e. The second kappa shape index (κ2) is 12.0. The summed E-state index contributed by atoms with van der Waals surface area (Å²) >= 11 is 9.45. The zero-order valence-electron chi connectivity index (χ0n) is 12.5. The summed E-state index contributed by atoms with van der Waals surface area (Å²) in [6, 6.07) is 7.34. The maximum absolute atomic E-state index is 11.8. The normalized spacial score (nSPS) is 10.6. The number of nitrogens with one attached hydrogen (secondary N) is 1. The number of hydrogen-bond acceptors (Lipinski definition) is 1. The summed E-state index contributed by atoms with van der Waals surface area (Å²) in [6.07, 6.45) is 10.4. The Morgan fingerprint density at radius 1 is 0.952 bits per heavy atom. The third-order valence-electron chi connectivity index (χ3n) is 3.44. The van der Waals surface area contributed by atoms with Gasteiger partial charge in [0.05, 0.1) is 10.7 Å². The van der Waals surface area contributed by atoms with Crippen molar-refractivity contribution >= 4 is 39.1 Å². The minimum Gasteiger partial charge on any atom is -0.325 e. The largest absolute Gasteiger partial charge is 0.325 e. The molecule has 0 aliphatic heterocycles. The second-order valence-corrected chi connectivity index (χ2v) is 6.50. The lowest BCUT2D eigenvalue weighted by Crippen LogP contribution is -2.11. The number of carbonyl (C=O) groups excluding carboxylic acids is 1. The molecule has 1 aromatic carbocycles. The van der Waals surface area contributed by atoms with Crippen molar-refractivity contribution in [2.24, 2.45) is 0 Å². The number of halogens is 2. The number of unbranched alkanes of at least 4 members (excludes halogenated alkanes) is 7. The molecule has 0 spiro atoms. The van der Waals surface area contributed by atoms with E-state index in [1.807, 2.05) is 18.2 Å². The van der Waals surface area contributed by atoms with E-state index in [0.29, 0.717) is 17.1 Å². The fourth-order valence-corrected chi connectivity index (χ4v) is 2.80. The van der Waals surface area contributed by atoms with E-state index in [4.69, 9.17) is 11.6 Å². The van der Waals surface area contributed by atoms with Gasteiger partial charge in [-0.15, -0.1) is 0 Å². The fraction of sp³-hybridized carbons (Fsp3) is 0.588. The molecule has 0 aromatic heterocycles.